The van der Waals surface area contributed by atoms with Crippen LogP contribution >= 0.6 is 11.8 Å². The van der Waals surface area contributed by atoms with E-state index >= 15 is 4.39 Å². The van der Waals surface area contributed by atoms with Crippen LogP contribution in [-0.2, 0) is 24.8 Å². The Kier molecular flexibility index (Phi) is 7.18. The van der Waals surface area contributed by atoms with E-state index in [1.54, 1.807) is 23.1 Å². The van der Waals surface area contributed by atoms with Gasteiger partial charge in [-0.3, -0.25) is 18.9 Å². The van der Waals surface area contributed by atoms with Gasteiger partial charge in [0, 0.05) is 55.6 Å². The molecule has 8 nitrogen and oxygen atoms in total. The Labute approximate surface area is 216 Å². The minimum Gasteiger partial charge on any atom is -0.311 e. The van der Waals surface area contributed by atoms with Gasteiger partial charge in [0.1, 0.15) is 16.8 Å². The fourth-order valence-electron chi connectivity index (χ4n) is 4.90. The maximum absolute atomic E-state index is 15.2. The maximum Gasteiger partial charge on any atom is 0.255 e. The molecule has 1 saturated heterocycles. The SMILES string of the molecule is C[C@@H]1CN(CC(=O)N2CC(C)(C)c3cc(F)c(S(=O)(=O)c4ccccc4)cc32)[C@@H](C(=O)N(C)Cl)CN1. The van der Waals surface area contributed by atoms with Gasteiger partial charge in [0.05, 0.1) is 11.4 Å². The third kappa shape index (κ3) is 4.87. The number of piperazine rings is 1. The lowest BCUT2D eigenvalue weighted by atomic mass is 9.87. The highest BCUT2D eigenvalue weighted by atomic mass is 35.5. The standard InChI is InChI=1S/C25H30ClFN4O4S/c1-16-13-30(21(12-28-16)24(33)29(4)26)14-23(32)31-15-25(2,3)18-10-19(27)22(11-20(18)31)36(34,35)17-8-6-5-7-9-17/h5-11,16,21,28H,12-15H2,1-4H3/t16-,21-/m1/s1. The van der Waals surface area contributed by atoms with Crippen LogP contribution in [0, 0.1) is 5.82 Å². The summed E-state index contributed by atoms with van der Waals surface area (Å²) in [5, 5.41) is 3.23. The normalized spacial score (nSPS) is 21.8. The summed E-state index contributed by atoms with van der Waals surface area (Å²) in [6, 6.07) is 9.55. The number of anilines is 1. The monoisotopic (exact) mass is 536 g/mol. The second-order valence-electron chi connectivity index (χ2n) is 10.0. The molecule has 0 unspecified atom stereocenters. The number of benzene rings is 2. The average Bonchev–Trinajstić information content (AvgIpc) is 3.08. The number of hydrogen-bond acceptors (Lipinski definition) is 6. The van der Waals surface area contributed by atoms with Crippen LogP contribution in [0.4, 0.5) is 10.1 Å². The molecule has 1 N–H and O–H groups in total. The summed E-state index contributed by atoms with van der Waals surface area (Å²) in [6.07, 6.45) is 0. The highest BCUT2D eigenvalue weighted by molar-refractivity contribution is 7.91. The fraction of sp³-hybridized carbons (Fsp3) is 0.440. The van der Waals surface area contributed by atoms with Crippen molar-refractivity contribution in [2.45, 2.75) is 48.1 Å². The van der Waals surface area contributed by atoms with Crippen molar-refractivity contribution >= 4 is 39.1 Å². The van der Waals surface area contributed by atoms with Gasteiger partial charge in [-0.1, -0.05) is 32.0 Å². The molecule has 1 fully saturated rings. The van der Waals surface area contributed by atoms with Crippen LogP contribution in [0.2, 0.25) is 0 Å². The van der Waals surface area contributed by atoms with Crippen molar-refractivity contribution in [2.24, 2.45) is 0 Å². The number of halogens is 2. The molecule has 2 aliphatic rings. The molecule has 2 aliphatic heterocycles. The summed E-state index contributed by atoms with van der Waals surface area (Å²) in [4.78, 5) is 29.0. The van der Waals surface area contributed by atoms with E-state index in [1.807, 2.05) is 20.8 Å². The predicted octanol–water partition coefficient (Wildman–Crippen LogP) is 2.56. The van der Waals surface area contributed by atoms with Gasteiger partial charge in [0.2, 0.25) is 15.7 Å². The molecule has 0 bridgehead atoms. The Morgan fingerprint density at radius 2 is 1.89 bits per heavy atom. The van der Waals surface area contributed by atoms with Crippen LogP contribution in [-0.4, -0.2) is 74.9 Å². The lowest BCUT2D eigenvalue weighted by Gasteiger charge is -2.39. The molecule has 36 heavy (non-hydrogen) atoms. The number of carbonyl (C=O) groups excluding carboxylic acids is 2. The molecule has 0 spiro atoms. The van der Waals surface area contributed by atoms with Gasteiger partial charge in [-0.25, -0.2) is 12.8 Å². The second kappa shape index (κ2) is 9.74. The minimum absolute atomic E-state index is 0.0275. The van der Waals surface area contributed by atoms with Crippen LogP contribution in [0.15, 0.2) is 52.3 Å². The highest BCUT2D eigenvalue weighted by Crippen LogP contribution is 2.43. The van der Waals surface area contributed by atoms with Crippen LogP contribution < -0.4 is 10.2 Å². The zero-order valence-electron chi connectivity index (χ0n) is 20.7. The number of sulfone groups is 1. The van der Waals surface area contributed by atoms with Crippen molar-refractivity contribution in [3.05, 3.63) is 53.8 Å². The maximum atomic E-state index is 15.2. The molecular weight excluding hydrogens is 507 g/mol. The Hall–Kier alpha value is -2.53. The van der Waals surface area contributed by atoms with Gasteiger partial charge < -0.3 is 10.2 Å². The molecule has 0 saturated carbocycles. The molecule has 2 heterocycles. The number of rotatable bonds is 5. The Balaban J connectivity index is 1.69. The number of fused-ring (bicyclic) bond motifs is 1. The number of nitrogens with one attached hydrogen (secondary N) is 1. The summed E-state index contributed by atoms with van der Waals surface area (Å²) in [7, 11) is -2.69. The summed E-state index contributed by atoms with van der Waals surface area (Å²) in [6.45, 7) is 6.70. The first-order chi connectivity index (χ1) is 16.8. The van der Waals surface area contributed by atoms with E-state index in [0.29, 0.717) is 24.3 Å². The van der Waals surface area contributed by atoms with Gasteiger partial charge in [0.15, 0.2) is 0 Å². The van der Waals surface area contributed by atoms with Gasteiger partial charge >= 0.3 is 0 Å². The summed E-state index contributed by atoms with van der Waals surface area (Å²) < 4.78 is 42.6. The number of likely N-dealkylation sites (N-methyl/N-ethyl adjacent to an activating group) is 1. The Bertz CT molecular complexity index is 1290. The highest BCUT2D eigenvalue weighted by Gasteiger charge is 2.42. The fourth-order valence-corrected chi connectivity index (χ4v) is 6.36. The predicted molar refractivity (Wildman–Crippen MR) is 135 cm³/mol. The molecule has 2 aromatic carbocycles. The lowest BCUT2D eigenvalue weighted by molar-refractivity contribution is -0.133. The van der Waals surface area contributed by atoms with Crippen LogP contribution in [0.1, 0.15) is 26.3 Å². The van der Waals surface area contributed by atoms with E-state index in [-0.39, 0.29) is 35.8 Å². The molecule has 2 aromatic rings. The molecule has 0 aliphatic carbocycles. The Morgan fingerprint density at radius 1 is 1.22 bits per heavy atom. The number of carbonyl (C=O) groups is 2. The molecule has 2 amide bonds. The Morgan fingerprint density at radius 3 is 2.53 bits per heavy atom. The van der Waals surface area contributed by atoms with Gasteiger partial charge in [-0.15, -0.1) is 0 Å². The van der Waals surface area contributed by atoms with Crippen LogP contribution in [0.25, 0.3) is 0 Å². The zero-order valence-corrected chi connectivity index (χ0v) is 22.2. The average molecular weight is 537 g/mol. The molecule has 0 aromatic heterocycles. The summed E-state index contributed by atoms with van der Waals surface area (Å²) in [5.74, 6) is -1.49. The molecule has 11 heteroatoms. The van der Waals surface area contributed by atoms with Crippen LogP contribution in [0.3, 0.4) is 0 Å². The van der Waals surface area contributed by atoms with E-state index in [2.05, 4.69) is 5.32 Å². The second-order valence-corrected chi connectivity index (χ2v) is 12.5. The smallest absolute Gasteiger partial charge is 0.255 e. The molecule has 194 valence electrons. The molecule has 2 atom stereocenters. The first-order valence-electron chi connectivity index (χ1n) is 11.7. The van der Waals surface area contributed by atoms with Crippen molar-refractivity contribution in [3.8, 4) is 0 Å². The van der Waals surface area contributed by atoms with Crippen LogP contribution in [0.5, 0.6) is 0 Å². The molecule has 4 rings (SSSR count). The van der Waals surface area contributed by atoms with Gasteiger partial charge in [-0.2, -0.15) is 0 Å². The van der Waals surface area contributed by atoms with E-state index in [0.717, 1.165) is 4.42 Å². The molecule has 0 radical (unpaired) electrons. The molecular formula is C25H30ClFN4O4S. The lowest BCUT2D eigenvalue weighted by Crippen LogP contribution is -2.61. The van der Waals surface area contributed by atoms with Crippen molar-refractivity contribution < 1.29 is 22.4 Å². The van der Waals surface area contributed by atoms with E-state index in [1.165, 1.54) is 36.2 Å². The van der Waals surface area contributed by atoms with Crippen molar-refractivity contribution in [1.82, 2.24) is 14.6 Å². The van der Waals surface area contributed by atoms with E-state index in [4.69, 9.17) is 11.8 Å². The zero-order chi connectivity index (χ0) is 26.4. The largest absolute Gasteiger partial charge is 0.311 e. The first kappa shape index (κ1) is 26.5. The quantitative estimate of drug-likeness (QED) is 0.591. The third-order valence-electron chi connectivity index (χ3n) is 6.80. The number of hydrogen-bond donors (Lipinski definition) is 1. The van der Waals surface area contributed by atoms with E-state index in [9.17, 15) is 18.0 Å². The third-order valence-corrected chi connectivity index (χ3v) is 8.75. The van der Waals surface area contributed by atoms with Crippen molar-refractivity contribution in [2.75, 3.05) is 38.1 Å². The van der Waals surface area contributed by atoms with Crippen molar-refractivity contribution in [3.63, 3.8) is 0 Å². The summed E-state index contributed by atoms with van der Waals surface area (Å²) in [5.41, 5.74) is 0.326. The topological polar surface area (TPSA) is 90.0 Å². The van der Waals surface area contributed by atoms with E-state index < -0.39 is 32.0 Å². The van der Waals surface area contributed by atoms with Gasteiger partial charge in [-0.05, 0) is 36.8 Å². The number of nitrogens with zero attached hydrogens (tertiary/aromatic N) is 3. The van der Waals surface area contributed by atoms with Gasteiger partial charge in [0.25, 0.3) is 5.91 Å². The van der Waals surface area contributed by atoms with Crippen molar-refractivity contribution in [1.29, 1.82) is 0 Å². The minimum atomic E-state index is -4.14. The summed E-state index contributed by atoms with van der Waals surface area (Å²) >= 11 is 5.90. The number of amides is 2. The first-order valence-corrected chi connectivity index (χ1v) is 13.5.